The van der Waals surface area contributed by atoms with E-state index in [4.69, 9.17) is 4.74 Å². The molecule has 9 atom stereocenters. The second-order valence-corrected chi connectivity index (χ2v) is 13.5. The first kappa shape index (κ1) is 21.3. The number of fused-ring (bicyclic) bond motifs is 5. The fourth-order valence-corrected chi connectivity index (χ4v) is 10.4. The predicted octanol–water partition coefficient (Wildman–Crippen LogP) is 6.13. The summed E-state index contributed by atoms with van der Waals surface area (Å²) >= 11 is 0. The summed E-state index contributed by atoms with van der Waals surface area (Å²) in [6.07, 6.45) is 11.2. The van der Waals surface area contributed by atoms with Gasteiger partial charge in [0.2, 0.25) is 0 Å². The molecule has 1 heterocycles. The zero-order valence-electron chi connectivity index (χ0n) is 20.2. The molecule has 0 bridgehead atoms. The van der Waals surface area contributed by atoms with Gasteiger partial charge in [-0.1, -0.05) is 34.6 Å². The fraction of sp³-hybridized carbons (Fsp3) is 0.963. The van der Waals surface area contributed by atoms with E-state index in [-0.39, 0.29) is 23.1 Å². The van der Waals surface area contributed by atoms with E-state index in [2.05, 4.69) is 41.5 Å². The summed E-state index contributed by atoms with van der Waals surface area (Å²) in [7, 11) is 0. The molecule has 0 amide bonds. The molecule has 0 aromatic heterocycles. The zero-order valence-corrected chi connectivity index (χ0v) is 20.2. The number of esters is 1. The van der Waals surface area contributed by atoms with Crippen LogP contribution >= 0.6 is 0 Å². The van der Waals surface area contributed by atoms with Gasteiger partial charge in [0.1, 0.15) is 5.60 Å². The Bertz CT molecular complexity index is 744. The lowest BCUT2D eigenvalue weighted by atomic mass is 9.35. The van der Waals surface area contributed by atoms with Crippen LogP contribution in [0.4, 0.5) is 0 Å². The molecule has 30 heavy (non-hydrogen) atoms. The Balaban J connectivity index is 1.49. The average molecular weight is 417 g/mol. The van der Waals surface area contributed by atoms with Crippen molar-refractivity contribution >= 4 is 5.97 Å². The van der Waals surface area contributed by atoms with E-state index >= 15 is 0 Å². The number of hydrogen-bond acceptors (Lipinski definition) is 3. The van der Waals surface area contributed by atoms with E-state index in [0.29, 0.717) is 40.4 Å². The molecule has 5 aliphatic rings. The molecule has 5 fully saturated rings. The Morgan fingerprint density at radius 2 is 1.47 bits per heavy atom. The van der Waals surface area contributed by atoms with E-state index in [0.717, 1.165) is 18.8 Å². The van der Waals surface area contributed by atoms with Gasteiger partial charge in [0.25, 0.3) is 0 Å². The molecule has 1 N–H and O–H groups in total. The van der Waals surface area contributed by atoms with Gasteiger partial charge in [-0.05, 0) is 104 Å². The standard InChI is InChI=1S/C27H44O3/c1-23(2)19-10-15-26(5)20(24(19,3)13-11-21(23)28)8-7-17-18(9-14-25(17,26)4)27(6)16-12-22(29)30-27/h17-21,28H,7-16H2,1-6H3/t17-,18+,19+,20-,21-,24+,25-,26-,27+/m1/s1. The van der Waals surface area contributed by atoms with Crippen molar-refractivity contribution in [2.24, 2.45) is 45.3 Å². The lowest BCUT2D eigenvalue weighted by molar-refractivity contribution is -0.225. The first-order valence-corrected chi connectivity index (χ1v) is 12.8. The highest BCUT2D eigenvalue weighted by atomic mass is 16.6. The van der Waals surface area contributed by atoms with Gasteiger partial charge in [-0.3, -0.25) is 4.79 Å². The van der Waals surface area contributed by atoms with Crippen molar-refractivity contribution in [3.05, 3.63) is 0 Å². The smallest absolute Gasteiger partial charge is 0.306 e. The van der Waals surface area contributed by atoms with E-state index in [9.17, 15) is 9.90 Å². The Morgan fingerprint density at radius 3 is 2.13 bits per heavy atom. The Labute approximate surface area is 183 Å². The lowest BCUT2D eigenvalue weighted by Gasteiger charge is -2.70. The van der Waals surface area contributed by atoms with Crippen LogP contribution in [0.25, 0.3) is 0 Å². The van der Waals surface area contributed by atoms with Crippen LogP contribution in [0.3, 0.4) is 0 Å². The third kappa shape index (κ3) is 2.45. The first-order valence-electron chi connectivity index (χ1n) is 12.8. The molecule has 5 rings (SSSR count). The van der Waals surface area contributed by atoms with Crippen molar-refractivity contribution in [1.29, 1.82) is 0 Å². The number of rotatable bonds is 1. The highest BCUT2D eigenvalue weighted by Crippen LogP contribution is 2.76. The Kier molecular flexibility index (Phi) is 4.45. The van der Waals surface area contributed by atoms with Gasteiger partial charge in [-0.2, -0.15) is 0 Å². The minimum Gasteiger partial charge on any atom is -0.459 e. The number of aliphatic hydroxyl groups excluding tert-OH is 1. The number of hydrogen-bond donors (Lipinski definition) is 1. The molecule has 0 aromatic rings. The molecule has 3 nitrogen and oxygen atoms in total. The summed E-state index contributed by atoms with van der Waals surface area (Å²) in [4.78, 5) is 12.0. The molecule has 0 radical (unpaired) electrons. The summed E-state index contributed by atoms with van der Waals surface area (Å²) in [6.45, 7) is 14.7. The second-order valence-electron chi connectivity index (χ2n) is 13.5. The molecular weight excluding hydrogens is 372 g/mol. The van der Waals surface area contributed by atoms with Gasteiger partial charge in [0, 0.05) is 12.3 Å². The van der Waals surface area contributed by atoms with E-state index < -0.39 is 0 Å². The maximum Gasteiger partial charge on any atom is 0.306 e. The largest absolute Gasteiger partial charge is 0.459 e. The van der Waals surface area contributed by atoms with Gasteiger partial charge in [-0.25, -0.2) is 0 Å². The summed E-state index contributed by atoms with van der Waals surface area (Å²) < 4.78 is 5.97. The molecule has 0 unspecified atom stereocenters. The zero-order chi connectivity index (χ0) is 21.7. The molecule has 0 spiro atoms. The molecule has 1 saturated heterocycles. The van der Waals surface area contributed by atoms with Crippen LogP contribution in [0.5, 0.6) is 0 Å². The van der Waals surface area contributed by atoms with Crippen molar-refractivity contribution in [1.82, 2.24) is 0 Å². The quantitative estimate of drug-likeness (QED) is 0.523. The topological polar surface area (TPSA) is 46.5 Å². The Hall–Kier alpha value is -0.570. The van der Waals surface area contributed by atoms with E-state index in [1.807, 2.05) is 0 Å². The molecule has 1 aliphatic heterocycles. The first-order chi connectivity index (χ1) is 13.9. The van der Waals surface area contributed by atoms with E-state index in [1.165, 1.54) is 44.9 Å². The summed E-state index contributed by atoms with van der Waals surface area (Å²) in [5.41, 5.74) is 0.822. The van der Waals surface area contributed by atoms with Crippen LogP contribution in [0.1, 0.15) is 106 Å². The maximum absolute atomic E-state index is 12.0. The molecule has 4 saturated carbocycles. The van der Waals surface area contributed by atoms with Gasteiger partial charge in [-0.15, -0.1) is 0 Å². The van der Waals surface area contributed by atoms with Crippen molar-refractivity contribution in [3.8, 4) is 0 Å². The highest BCUT2D eigenvalue weighted by molar-refractivity contribution is 5.72. The lowest BCUT2D eigenvalue weighted by Crippen LogP contribution is -2.64. The normalized spacial score (nSPS) is 57.3. The maximum atomic E-state index is 12.0. The minimum absolute atomic E-state index is 0.0158. The molecule has 3 heteroatoms. The third-order valence-corrected chi connectivity index (χ3v) is 12.3. The molecular formula is C27H44O3. The molecule has 170 valence electrons. The van der Waals surface area contributed by atoms with Crippen LogP contribution in [-0.4, -0.2) is 22.8 Å². The average Bonchev–Trinajstić information content (AvgIpc) is 3.20. The van der Waals surface area contributed by atoms with Gasteiger partial charge in [0.05, 0.1) is 6.10 Å². The number of cyclic esters (lactones) is 1. The monoisotopic (exact) mass is 416 g/mol. The van der Waals surface area contributed by atoms with Gasteiger partial charge in [0.15, 0.2) is 0 Å². The van der Waals surface area contributed by atoms with Crippen molar-refractivity contribution < 1.29 is 14.6 Å². The molecule has 4 aliphatic carbocycles. The summed E-state index contributed by atoms with van der Waals surface area (Å²) in [6, 6.07) is 0. The highest BCUT2D eigenvalue weighted by Gasteiger charge is 2.69. The Morgan fingerprint density at radius 1 is 0.767 bits per heavy atom. The van der Waals surface area contributed by atoms with Crippen LogP contribution in [0, 0.1) is 45.3 Å². The molecule has 0 aromatic carbocycles. The number of ether oxygens (including phenoxy) is 1. The second kappa shape index (κ2) is 6.27. The van der Waals surface area contributed by atoms with Crippen molar-refractivity contribution in [2.75, 3.05) is 0 Å². The van der Waals surface area contributed by atoms with Crippen molar-refractivity contribution in [3.63, 3.8) is 0 Å². The van der Waals surface area contributed by atoms with Crippen LogP contribution in [0.2, 0.25) is 0 Å². The van der Waals surface area contributed by atoms with Crippen LogP contribution in [0.15, 0.2) is 0 Å². The van der Waals surface area contributed by atoms with Gasteiger partial charge < -0.3 is 9.84 Å². The summed E-state index contributed by atoms with van der Waals surface area (Å²) in [5, 5.41) is 10.8. The third-order valence-electron chi connectivity index (χ3n) is 12.3. The summed E-state index contributed by atoms with van der Waals surface area (Å²) in [5.74, 6) is 2.59. The fourth-order valence-electron chi connectivity index (χ4n) is 10.4. The van der Waals surface area contributed by atoms with Crippen LogP contribution in [-0.2, 0) is 9.53 Å². The van der Waals surface area contributed by atoms with E-state index in [1.54, 1.807) is 0 Å². The number of aliphatic hydroxyl groups is 1. The SMILES string of the molecule is CC1(C)[C@H](O)CC[C@]2(C)[C@H]3CC[C@@H]4[C@@H]([C@]5(C)CCC(=O)O5)CC[C@@]4(C)[C@]3(C)CC[C@@H]12. The van der Waals surface area contributed by atoms with Crippen LogP contribution < -0.4 is 0 Å². The van der Waals surface area contributed by atoms with Crippen molar-refractivity contribution in [2.45, 2.75) is 117 Å². The number of carbonyl (C=O) groups excluding carboxylic acids is 1. The predicted molar refractivity (Wildman–Crippen MR) is 119 cm³/mol. The number of carbonyl (C=O) groups is 1. The van der Waals surface area contributed by atoms with Gasteiger partial charge >= 0.3 is 5.97 Å². The minimum atomic E-state index is -0.235.